The van der Waals surface area contributed by atoms with Gasteiger partial charge < -0.3 is 10.2 Å². The van der Waals surface area contributed by atoms with Gasteiger partial charge in [-0.1, -0.05) is 0 Å². The number of hydrogen-bond donors (Lipinski definition) is 1. The average molecular weight is 292 g/mol. The van der Waals surface area contributed by atoms with Gasteiger partial charge in [0, 0.05) is 30.9 Å². The van der Waals surface area contributed by atoms with Crippen molar-refractivity contribution in [3.8, 4) is 0 Å². The molecule has 2 fully saturated rings. The number of likely N-dealkylation sites (tertiary alicyclic amines) is 1. The molecule has 0 spiro atoms. The molecular weight excluding hydrogens is 272 g/mol. The third-order valence-corrected chi connectivity index (χ3v) is 4.87. The minimum atomic E-state index is 0.0836. The molecule has 1 aromatic rings. The van der Waals surface area contributed by atoms with E-state index >= 15 is 0 Å². The molecule has 0 bridgehead atoms. The van der Waals surface area contributed by atoms with Gasteiger partial charge in [0.1, 0.15) is 0 Å². The van der Waals surface area contributed by atoms with Crippen molar-refractivity contribution < 1.29 is 9.59 Å². The molecule has 2 aliphatic rings. The quantitative estimate of drug-likeness (QED) is 0.924. The standard InChI is InChI=1S/C15H20N2O2S/c18-14(16-9-11-1-2-11)12-3-6-17(7-4-12)15(19)13-5-8-20-10-13/h5,8,10-12H,1-4,6-7,9H2,(H,16,18). The van der Waals surface area contributed by atoms with E-state index in [1.807, 2.05) is 21.7 Å². The Morgan fingerprint density at radius 1 is 1.25 bits per heavy atom. The molecule has 0 atom stereocenters. The molecule has 1 saturated heterocycles. The molecule has 108 valence electrons. The summed E-state index contributed by atoms with van der Waals surface area (Å²) >= 11 is 1.54. The molecule has 1 saturated carbocycles. The molecule has 2 heterocycles. The van der Waals surface area contributed by atoms with E-state index in [1.54, 1.807) is 11.3 Å². The van der Waals surface area contributed by atoms with E-state index in [9.17, 15) is 9.59 Å². The highest BCUT2D eigenvalue weighted by Crippen LogP contribution is 2.28. The number of carbonyl (C=O) groups excluding carboxylic acids is 2. The van der Waals surface area contributed by atoms with Crippen molar-refractivity contribution in [2.75, 3.05) is 19.6 Å². The van der Waals surface area contributed by atoms with Crippen LogP contribution in [0.15, 0.2) is 16.8 Å². The van der Waals surface area contributed by atoms with Crippen molar-refractivity contribution in [3.63, 3.8) is 0 Å². The van der Waals surface area contributed by atoms with Crippen LogP contribution in [0.2, 0.25) is 0 Å². The summed E-state index contributed by atoms with van der Waals surface area (Å²) in [6, 6.07) is 1.86. The summed E-state index contributed by atoms with van der Waals surface area (Å²) in [4.78, 5) is 26.1. The number of amides is 2. The molecule has 1 aromatic heterocycles. The van der Waals surface area contributed by atoms with Gasteiger partial charge in [-0.05, 0) is 43.0 Å². The highest BCUT2D eigenvalue weighted by atomic mass is 32.1. The van der Waals surface area contributed by atoms with Crippen LogP contribution >= 0.6 is 11.3 Å². The molecule has 5 heteroatoms. The fourth-order valence-electron chi connectivity index (χ4n) is 2.62. The van der Waals surface area contributed by atoms with Crippen molar-refractivity contribution in [2.24, 2.45) is 11.8 Å². The first kappa shape index (κ1) is 13.6. The molecule has 0 aromatic carbocycles. The predicted octanol–water partition coefficient (Wildman–Crippen LogP) is 2.13. The lowest BCUT2D eigenvalue weighted by atomic mass is 9.95. The summed E-state index contributed by atoms with van der Waals surface area (Å²) in [7, 11) is 0. The number of rotatable bonds is 4. The third kappa shape index (κ3) is 3.20. The zero-order valence-electron chi connectivity index (χ0n) is 11.5. The molecule has 1 aliphatic carbocycles. The Labute approximate surface area is 123 Å². The minimum absolute atomic E-state index is 0.0836. The van der Waals surface area contributed by atoms with Crippen molar-refractivity contribution in [1.82, 2.24) is 10.2 Å². The summed E-state index contributed by atoms with van der Waals surface area (Å²) in [5.41, 5.74) is 0.770. The van der Waals surface area contributed by atoms with Gasteiger partial charge >= 0.3 is 0 Å². The first-order chi connectivity index (χ1) is 9.74. The first-order valence-electron chi connectivity index (χ1n) is 7.33. The van der Waals surface area contributed by atoms with Crippen LogP contribution in [0.5, 0.6) is 0 Å². The molecule has 20 heavy (non-hydrogen) atoms. The van der Waals surface area contributed by atoms with Crippen LogP contribution in [0, 0.1) is 11.8 Å². The lowest BCUT2D eigenvalue weighted by Crippen LogP contribution is -2.43. The Balaban J connectivity index is 1.46. The predicted molar refractivity (Wildman–Crippen MR) is 78.7 cm³/mol. The zero-order chi connectivity index (χ0) is 13.9. The Morgan fingerprint density at radius 3 is 2.60 bits per heavy atom. The van der Waals surface area contributed by atoms with E-state index in [-0.39, 0.29) is 17.7 Å². The second-order valence-electron chi connectivity index (χ2n) is 5.77. The number of thiophene rings is 1. The average Bonchev–Trinajstić information content (AvgIpc) is 3.16. The van der Waals surface area contributed by atoms with Gasteiger partial charge in [0.25, 0.3) is 5.91 Å². The molecule has 1 aliphatic heterocycles. The van der Waals surface area contributed by atoms with E-state index < -0.39 is 0 Å². The maximum atomic E-state index is 12.2. The number of carbonyl (C=O) groups is 2. The van der Waals surface area contributed by atoms with Gasteiger partial charge in [-0.25, -0.2) is 0 Å². The normalized spacial score (nSPS) is 19.9. The van der Waals surface area contributed by atoms with Gasteiger partial charge in [-0.15, -0.1) is 0 Å². The minimum Gasteiger partial charge on any atom is -0.356 e. The van der Waals surface area contributed by atoms with Crippen LogP contribution < -0.4 is 5.32 Å². The van der Waals surface area contributed by atoms with Gasteiger partial charge in [0.05, 0.1) is 5.56 Å². The molecular formula is C15H20N2O2S. The fraction of sp³-hybridized carbons (Fsp3) is 0.600. The van der Waals surface area contributed by atoms with Crippen molar-refractivity contribution >= 4 is 23.2 Å². The SMILES string of the molecule is O=C(NCC1CC1)C1CCN(C(=O)c2ccsc2)CC1. The summed E-state index contributed by atoms with van der Waals surface area (Å²) in [6.07, 6.45) is 4.08. The van der Waals surface area contributed by atoms with E-state index in [1.165, 1.54) is 12.8 Å². The number of nitrogens with zero attached hydrogens (tertiary/aromatic N) is 1. The highest BCUT2D eigenvalue weighted by molar-refractivity contribution is 7.08. The number of hydrogen-bond acceptors (Lipinski definition) is 3. The summed E-state index contributed by atoms with van der Waals surface area (Å²) < 4.78 is 0. The Morgan fingerprint density at radius 2 is 2.00 bits per heavy atom. The van der Waals surface area contributed by atoms with Crippen LogP contribution in [0.25, 0.3) is 0 Å². The fourth-order valence-corrected chi connectivity index (χ4v) is 3.25. The van der Waals surface area contributed by atoms with Gasteiger partial charge in [-0.3, -0.25) is 9.59 Å². The van der Waals surface area contributed by atoms with Crippen molar-refractivity contribution in [1.29, 1.82) is 0 Å². The number of nitrogens with one attached hydrogen (secondary N) is 1. The summed E-state index contributed by atoms with van der Waals surface area (Å²) in [5, 5.41) is 6.85. The van der Waals surface area contributed by atoms with E-state index in [4.69, 9.17) is 0 Å². The van der Waals surface area contributed by atoms with E-state index in [0.29, 0.717) is 13.1 Å². The lowest BCUT2D eigenvalue weighted by Gasteiger charge is -2.31. The second-order valence-corrected chi connectivity index (χ2v) is 6.55. The molecule has 3 rings (SSSR count). The largest absolute Gasteiger partial charge is 0.356 e. The van der Waals surface area contributed by atoms with Crippen LogP contribution in [-0.2, 0) is 4.79 Å². The highest BCUT2D eigenvalue weighted by Gasteiger charge is 2.29. The monoisotopic (exact) mass is 292 g/mol. The summed E-state index contributed by atoms with van der Waals surface area (Å²) in [6.45, 7) is 2.22. The Bertz CT molecular complexity index is 474. The van der Waals surface area contributed by atoms with Crippen LogP contribution in [0.3, 0.4) is 0 Å². The van der Waals surface area contributed by atoms with Gasteiger partial charge in [0.2, 0.25) is 5.91 Å². The van der Waals surface area contributed by atoms with Crippen LogP contribution in [0.4, 0.5) is 0 Å². The van der Waals surface area contributed by atoms with Crippen molar-refractivity contribution in [3.05, 3.63) is 22.4 Å². The molecule has 4 nitrogen and oxygen atoms in total. The zero-order valence-corrected chi connectivity index (χ0v) is 12.3. The second kappa shape index (κ2) is 5.95. The van der Waals surface area contributed by atoms with Crippen LogP contribution in [-0.4, -0.2) is 36.3 Å². The van der Waals surface area contributed by atoms with E-state index in [2.05, 4.69) is 5.32 Å². The maximum absolute atomic E-state index is 12.2. The number of piperidine rings is 1. The van der Waals surface area contributed by atoms with Crippen LogP contribution in [0.1, 0.15) is 36.0 Å². The topological polar surface area (TPSA) is 49.4 Å². The molecule has 1 N–H and O–H groups in total. The Kier molecular flexibility index (Phi) is 4.05. The Hall–Kier alpha value is -1.36. The summed E-state index contributed by atoms with van der Waals surface area (Å²) in [5.74, 6) is 1.09. The first-order valence-corrected chi connectivity index (χ1v) is 8.27. The smallest absolute Gasteiger partial charge is 0.254 e. The molecule has 0 unspecified atom stereocenters. The molecule has 2 amide bonds. The van der Waals surface area contributed by atoms with Crippen molar-refractivity contribution in [2.45, 2.75) is 25.7 Å². The van der Waals surface area contributed by atoms with E-state index in [0.717, 1.165) is 30.9 Å². The third-order valence-electron chi connectivity index (χ3n) is 4.18. The molecule has 0 radical (unpaired) electrons. The maximum Gasteiger partial charge on any atom is 0.254 e. The lowest BCUT2D eigenvalue weighted by molar-refractivity contribution is -0.126. The van der Waals surface area contributed by atoms with Gasteiger partial charge in [0.15, 0.2) is 0 Å². The van der Waals surface area contributed by atoms with Gasteiger partial charge in [-0.2, -0.15) is 11.3 Å².